The molecule has 0 N–H and O–H groups in total. The van der Waals surface area contributed by atoms with Crippen molar-refractivity contribution >= 4 is 16.5 Å². The zero-order valence-electron chi connectivity index (χ0n) is 9.81. The van der Waals surface area contributed by atoms with Gasteiger partial charge in [-0.3, -0.25) is 0 Å². The van der Waals surface area contributed by atoms with Crippen LogP contribution < -0.4 is 4.90 Å². The van der Waals surface area contributed by atoms with E-state index in [1.165, 1.54) is 5.56 Å². The number of alkyl halides is 3. The van der Waals surface area contributed by atoms with Crippen LogP contribution >= 0.6 is 11.3 Å². The highest BCUT2D eigenvalue weighted by Crippen LogP contribution is 2.35. The summed E-state index contributed by atoms with van der Waals surface area (Å²) in [5.74, 6) is 0. The Hall–Kier alpha value is -1.63. The molecule has 0 atom stereocenters. The predicted molar refractivity (Wildman–Crippen MR) is 66.1 cm³/mol. The largest absolute Gasteiger partial charge is 0.445 e. The lowest BCUT2D eigenvalue weighted by Crippen LogP contribution is -2.30. The Kier molecular flexibility index (Phi) is 2.93. The van der Waals surface area contributed by atoms with Gasteiger partial charge in [-0.15, -0.1) is 10.2 Å². The van der Waals surface area contributed by atoms with Crippen molar-refractivity contribution in [3.63, 3.8) is 0 Å². The van der Waals surface area contributed by atoms with Crippen LogP contribution in [0.25, 0.3) is 0 Å². The van der Waals surface area contributed by atoms with Crippen molar-refractivity contribution in [1.82, 2.24) is 10.2 Å². The second-order valence-electron chi connectivity index (χ2n) is 4.33. The Morgan fingerprint density at radius 3 is 2.53 bits per heavy atom. The van der Waals surface area contributed by atoms with Gasteiger partial charge in [-0.2, -0.15) is 13.2 Å². The predicted octanol–water partition coefficient (Wildman–Crippen LogP) is 3.12. The van der Waals surface area contributed by atoms with Gasteiger partial charge in [-0.1, -0.05) is 35.6 Å². The van der Waals surface area contributed by atoms with E-state index in [0.717, 1.165) is 12.0 Å². The van der Waals surface area contributed by atoms with Gasteiger partial charge in [0.25, 0.3) is 0 Å². The second kappa shape index (κ2) is 4.48. The van der Waals surface area contributed by atoms with E-state index in [-0.39, 0.29) is 0 Å². The molecule has 0 saturated carbocycles. The molecule has 2 aromatic rings. The third-order valence-electron chi connectivity index (χ3n) is 3.06. The molecule has 0 unspecified atom stereocenters. The van der Waals surface area contributed by atoms with Gasteiger partial charge in [0.2, 0.25) is 10.1 Å². The molecule has 0 amide bonds. The van der Waals surface area contributed by atoms with Crippen LogP contribution in [0.5, 0.6) is 0 Å². The van der Waals surface area contributed by atoms with Gasteiger partial charge in [0.15, 0.2) is 0 Å². The van der Waals surface area contributed by atoms with Gasteiger partial charge < -0.3 is 4.90 Å². The van der Waals surface area contributed by atoms with Gasteiger partial charge in [-0.25, -0.2) is 0 Å². The summed E-state index contributed by atoms with van der Waals surface area (Å²) in [4.78, 5) is 1.84. The zero-order valence-corrected chi connectivity index (χ0v) is 10.6. The first-order chi connectivity index (χ1) is 9.04. The van der Waals surface area contributed by atoms with E-state index >= 15 is 0 Å². The average molecular weight is 285 g/mol. The second-order valence-corrected chi connectivity index (χ2v) is 5.28. The van der Waals surface area contributed by atoms with Crippen molar-refractivity contribution in [3.05, 3.63) is 40.4 Å². The molecular weight excluding hydrogens is 275 g/mol. The fourth-order valence-electron chi connectivity index (χ4n) is 2.12. The molecule has 1 aliphatic rings. The third-order valence-corrected chi connectivity index (χ3v) is 4.09. The lowest BCUT2D eigenvalue weighted by atomic mass is 10.0. The molecule has 0 radical (unpaired) electrons. The van der Waals surface area contributed by atoms with E-state index in [1.807, 2.05) is 29.2 Å². The number of halogens is 3. The summed E-state index contributed by atoms with van der Waals surface area (Å²) in [6.45, 7) is 1.26. The number of rotatable bonds is 1. The van der Waals surface area contributed by atoms with E-state index in [2.05, 4.69) is 10.2 Å². The Labute approximate surface area is 111 Å². The topological polar surface area (TPSA) is 29.0 Å². The average Bonchev–Trinajstić information content (AvgIpc) is 2.87. The summed E-state index contributed by atoms with van der Waals surface area (Å²) in [6.07, 6.45) is -3.60. The minimum absolute atomic E-state index is 0.335. The molecular formula is C12H10F3N3S. The normalized spacial score (nSPS) is 15.4. The smallest absolute Gasteiger partial charge is 0.342 e. The van der Waals surface area contributed by atoms with Gasteiger partial charge in [0.05, 0.1) is 0 Å². The van der Waals surface area contributed by atoms with Crippen molar-refractivity contribution in [1.29, 1.82) is 0 Å². The first-order valence-corrected chi connectivity index (χ1v) is 6.58. The molecule has 0 saturated heterocycles. The van der Waals surface area contributed by atoms with Crippen molar-refractivity contribution in [2.75, 3.05) is 11.4 Å². The number of fused-ring (bicyclic) bond motifs is 1. The van der Waals surface area contributed by atoms with E-state index in [9.17, 15) is 13.2 Å². The molecule has 0 fully saturated rings. The molecule has 0 aliphatic carbocycles. The van der Waals surface area contributed by atoms with Crippen LogP contribution in [-0.2, 0) is 19.1 Å². The van der Waals surface area contributed by atoms with Gasteiger partial charge in [0, 0.05) is 13.1 Å². The first kappa shape index (κ1) is 12.4. The number of hydrogen-bond acceptors (Lipinski definition) is 4. The summed E-state index contributed by atoms with van der Waals surface area (Å²) < 4.78 is 37.5. The van der Waals surface area contributed by atoms with Crippen LogP contribution in [0, 0.1) is 0 Å². The molecule has 19 heavy (non-hydrogen) atoms. The van der Waals surface area contributed by atoms with Crippen molar-refractivity contribution < 1.29 is 13.2 Å². The van der Waals surface area contributed by atoms with Crippen molar-refractivity contribution in [2.24, 2.45) is 0 Å². The monoisotopic (exact) mass is 285 g/mol. The molecule has 1 aromatic carbocycles. The quantitative estimate of drug-likeness (QED) is 0.806. The molecule has 1 aromatic heterocycles. The molecule has 0 bridgehead atoms. The molecule has 100 valence electrons. The van der Waals surface area contributed by atoms with Gasteiger partial charge >= 0.3 is 6.18 Å². The first-order valence-electron chi connectivity index (χ1n) is 5.76. The standard InChI is InChI=1S/C12H10F3N3S/c13-12(14,15)10-16-17-11(19-10)18-6-5-8-3-1-2-4-9(8)7-18/h1-4H,5-7H2. The van der Waals surface area contributed by atoms with Crippen LogP contribution in [0.4, 0.5) is 18.3 Å². The van der Waals surface area contributed by atoms with E-state index in [1.54, 1.807) is 0 Å². The third kappa shape index (κ3) is 2.42. The van der Waals surface area contributed by atoms with E-state index in [4.69, 9.17) is 0 Å². The van der Waals surface area contributed by atoms with Gasteiger partial charge in [-0.05, 0) is 17.5 Å². The van der Waals surface area contributed by atoms with E-state index in [0.29, 0.717) is 29.6 Å². The highest BCUT2D eigenvalue weighted by Gasteiger charge is 2.36. The molecule has 3 nitrogen and oxygen atoms in total. The number of hydrogen-bond donors (Lipinski definition) is 0. The summed E-state index contributed by atoms with van der Waals surface area (Å²) in [7, 11) is 0. The summed E-state index contributed by atoms with van der Waals surface area (Å²) in [5, 5.41) is 6.32. The highest BCUT2D eigenvalue weighted by atomic mass is 32.1. The molecule has 7 heteroatoms. The number of anilines is 1. The number of aromatic nitrogens is 2. The van der Waals surface area contributed by atoms with Crippen LogP contribution in [0.2, 0.25) is 0 Å². The summed E-state index contributed by atoms with van der Waals surface area (Å²) >= 11 is 0.600. The Morgan fingerprint density at radius 2 is 1.84 bits per heavy atom. The van der Waals surface area contributed by atoms with Gasteiger partial charge in [0.1, 0.15) is 0 Å². The minimum atomic E-state index is -4.41. The van der Waals surface area contributed by atoms with Crippen molar-refractivity contribution in [3.8, 4) is 0 Å². The maximum Gasteiger partial charge on any atom is 0.445 e. The Bertz CT molecular complexity index is 594. The lowest BCUT2D eigenvalue weighted by Gasteiger charge is -2.27. The Balaban J connectivity index is 1.83. The molecule has 1 aliphatic heterocycles. The summed E-state index contributed by atoms with van der Waals surface area (Å²) in [6, 6.07) is 7.95. The maximum atomic E-state index is 12.5. The Morgan fingerprint density at radius 1 is 1.11 bits per heavy atom. The number of benzene rings is 1. The number of nitrogens with zero attached hydrogens (tertiary/aromatic N) is 3. The zero-order chi connectivity index (χ0) is 13.5. The van der Waals surface area contributed by atoms with E-state index < -0.39 is 11.2 Å². The lowest BCUT2D eigenvalue weighted by molar-refractivity contribution is -0.138. The molecule has 2 heterocycles. The molecule has 3 rings (SSSR count). The molecule has 0 spiro atoms. The van der Waals surface area contributed by atoms with Crippen LogP contribution in [0.1, 0.15) is 16.1 Å². The SMILES string of the molecule is FC(F)(F)c1nnc(N2CCc3ccccc3C2)s1. The van der Waals surface area contributed by atoms with Crippen LogP contribution in [0.15, 0.2) is 24.3 Å². The van der Waals surface area contributed by atoms with Crippen molar-refractivity contribution in [2.45, 2.75) is 19.1 Å². The fraction of sp³-hybridized carbons (Fsp3) is 0.333. The minimum Gasteiger partial charge on any atom is -0.342 e. The maximum absolute atomic E-state index is 12.5. The summed E-state index contributed by atoms with van der Waals surface area (Å²) in [5.41, 5.74) is 2.39. The fourth-order valence-corrected chi connectivity index (χ4v) is 2.85. The highest BCUT2D eigenvalue weighted by molar-refractivity contribution is 7.15. The van der Waals surface area contributed by atoms with Crippen LogP contribution in [-0.4, -0.2) is 16.7 Å². The van der Waals surface area contributed by atoms with Crippen LogP contribution in [0.3, 0.4) is 0 Å².